The second-order valence-corrected chi connectivity index (χ2v) is 4.96. The minimum atomic E-state index is -0.649. The van der Waals surface area contributed by atoms with Gasteiger partial charge in [0.2, 0.25) is 0 Å². The average molecular weight is 354 g/mol. The highest BCUT2D eigenvalue weighted by atomic mass is 79.9. The molecule has 0 aliphatic carbocycles. The summed E-state index contributed by atoms with van der Waals surface area (Å²) in [5, 5.41) is 13.3. The van der Waals surface area contributed by atoms with Crippen molar-refractivity contribution in [2.45, 2.75) is 0 Å². The van der Waals surface area contributed by atoms with Crippen molar-refractivity contribution >= 4 is 38.9 Å². The number of nitrogens with one attached hydrogen (secondary N) is 1. The third-order valence-corrected chi connectivity index (χ3v) is 3.33. The summed E-state index contributed by atoms with van der Waals surface area (Å²) in [6, 6.07) is 7.51. The highest BCUT2D eigenvalue weighted by Crippen LogP contribution is 2.28. The van der Waals surface area contributed by atoms with Crippen molar-refractivity contribution in [3.05, 3.63) is 62.4 Å². The molecule has 0 saturated heterocycles. The molecular formula is C13H9BrFN3O3. The smallest absolute Gasteiger partial charge is 0.285 e. The Morgan fingerprint density at radius 2 is 2.00 bits per heavy atom. The first-order valence-corrected chi connectivity index (χ1v) is 6.48. The molecule has 0 aliphatic rings. The van der Waals surface area contributed by atoms with Gasteiger partial charge in [0, 0.05) is 17.4 Å². The van der Waals surface area contributed by atoms with E-state index in [-0.39, 0.29) is 27.1 Å². The molecule has 6 nitrogen and oxygen atoms in total. The van der Waals surface area contributed by atoms with E-state index in [0.717, 1.165) is 12.1 Å². The number of carbonyl (C=O) groups excluding carboxylic acids is 1. The van der Waals surface area contributed by atoms with E-state index in [1.54, 1.807) is 0 Å². The predicted octanol–water partition coefficient (Wildman–Crippen LogP) is 3.33. The lowest BCUT2D eigenvalue weighted by Gasteiger charge is -2.08. The molecule has 2 rings (SSSR count). The molecule has 0 aromatic heterocycles. The largest absolute Gasteiger partial charge is 0.398 e. The number of halogens is 2. The molecule has 2 aromatic rings. The Bertz CT molecular complexity index is 737. The fourth-order valence-corrected chi connectivity index (χ4v) is 2.05. The van der Waals surface area contributed by atoms with Gasteiger partial charge in [-0.25, -0.2) is 4.39 Å². The number of nitrogens with two attached hydrogens (primary N) is 1. The molecule has 0 heterocycles. The van der Waals surface area contributed by atoms with Gasteiger partial charge in [-0.3, -0.25) is 14.9 Å². The number of anilines is 2. The van der Waals surface area contributed by atoms with E-state index in [9.17, 15) is 19.3 Å². The molecule has 21 heavy (non-hydrogen) atoms. The van der Waals surface area contributed by atoms with Gasteiger partial charge in [-0.15, -0.1) is 0 Å². The summed E-state index contributed by atoms with van der Waals surface area (Å²) < 4.78 is 13.4. The third kappa shape index (κ3) is 3.34. The standard InChI is InChI=1S/C13H9BrFN3O3/c14-10-3-2-8(6-12(10)18(20)21)17-13(19)9-5-7(15)1-4-11(9)16/h1-6H,16H2,(H,17,19). The molecule has 0 bridgehead atoms. The second kappa shape index (κ2) is 5.88. The fourth-order valence-electron chi connectivity index (χ4n) is 1.65. The number of hydrogen-bond donors (Lipinski definition) is 2. The molecule has 0 fully saturated rings. The molecule has 0 aliphatic heterocycles. The first-order chi connectivity index (χ1) is 9.88. The zero-order chi connectivity index (χ0) is 15.6. The van der Waals surface area contributed by atoms with E-state index in [1.807, 2.05) is 0 Å². The van der Waals surface area contributed by atoms with Crippen LogP contribution < -0.4 is 11.1 Å². The first kappa shape index (κ1) is 14.9. The van der Waals surface area contributed by atoms with E-state index in [2.05, 4.69) is 21.2 Å². The summed E-state index contributed by atoms with van der Waals surface area (Å²) in [6.45, 7) is 0. The lowest BCUT2D eigenvalue weighted by molar-refractivity contribution is -0.385. The van der Waals surface area contributed by atoms with Crippen molar-refractivity contribution in [2.75, 3.05) is 11.1 Å². The molecule has 108 valence electrons. The van der Waals surface area contributed by atoms with Crippen LogP contribution in [0.2, 0.25) is 0 Å². The van der Waals surface area contributed by atoms with Crippen LogP contribution in [0, 0.1) is 15.9 Å². The summed E-state index contributed by atoms with van der Waals surface area (Å²) in [5.41, 5.74) is 5.69. The number of nitro groups is 1. The van der Waals surface area contributed by atoms with Gasteiger partial charge in [-0.2, -0.15) is 0 Å². The topological polar surface area (TPSA) is 98.3 Å². The Balaban J connectivity index is 2.29. The van der Waals surface area contributed by atoms with Gasteiger partial charge in [0.05, 0.1) is 15.0 Å². The second-order valence-electron chi connectivity index (χ2n) is 4.11. The molecule has 3 N–H and O–H groups in total. The van der Waals surface area contributed by atoms with E-state index in [0.29, 0.717) is 0 Å². The number of nitrogen functional groups attached to an aromatic ring is 1. The van der Waals surface area contributed by atoms with Gasteiger partial charge in [0.1, 0.15) is 5.82 Å². The summed E-state index contributed by atoms with van der Waals surface area (Å²) in [6.07, 6.45) is 0. The van der Waals surface area contributed by atoms with E-state index >= 15 is 0 Å². The minimum absolute atomic E-state index is 0.0411. The molecule has 1 amide bonds. The molecular weight excluding hydrogens is 345 g/mol. The minimum Gasteiger partial charge on any atom is -0.398 e. The Morgan fingerprint density at radius 1 is 1.29 bits per heavy atom. The van der Waals surface area contributed by atoms with Gasteiger partial charge < -0.3 is 11.1 Å². The number of amides is 1. The number of nitro benzene ring substituents is 1. The normalized spacial score (nSPS) is 10.2. The van der Waals surface area contributed by atoms with Crippen molar-refractivity contribution < 1.29 is 14.1 Å². The SMILES string of the molecule is Nc1ccc(F)cc1C(=O)Nc1ccc(Br)c([N+](=O)[O-])c1. The van der Waals surface area contributed by atoms with Crippen LogP contribution in [-0.2, 0) is 0 Å². The summed E-state index contributed by atoms with van der Waals surface area (Å²) in [7, 11) is 0. The molecule has 0 atom stereocenters. The maximum atomic E-state index is 13.1. The van der Waals surface area contributed by atoms with Crippen LogP contribution in [0.4, 0.5) is 21.5 Å². The molecule has 8 heteroatoms. The molecule has 0 saturated carbocycles. The third-order valence-electron chi connectivity index (χ3n) is 2.66. The van der Waals surface area contributed by atoms with Crippen LogP contribution in [0.25, 0.3) is 0 Å². The van der Waals surface area contributed by atoms with Gasteiger partial charge in [-0.1, -0.05) is 0 Å². The van der Waals surface area contributed by atoms with E-state index in [4.69, 9.17) is 5.73 Å². The van der Waals surface area contributed by atoms with Crippen LogP contribution in [0.1, 0.15) is 10.4 Å². The maximum absolute atomic E-state index is 13.1. The monoisotopic (exact) mass is 353 g/mol. The van der Waals surface area contributed by atoms with E-state index < -0.39 is 16.6 Å². The zero-order valence-electron chi connectivity index (χ0n) is 10.5. The van der Waals surface area contributed by atoms with Crippen LogP contribution in [0.5, 0.6) is 0 Å². The van der Waals surface area contributed by atoms with Crippen LogP contribution in [0.3, 0.4) is 0 Å². The van der Waals surface area contributed by atoms with Crippen LogP contribution in [-0.4, -0.2) is 10.8 Å². The zero-order valence-corrected chi connectivity index (χ0v) is 12.1. The maximum Gasteiger partial charge on any atom is 0.285 e. The predicted molar refractivity (Wildman–Crippen MR) is 79.6 cm³/mol. The van der Waals surface area contributed by atoms with Crippen molar-refractivity contribution in [1.82, 2.24) is 0 Å². The van der Waals surface area contributed by atoms with Gasteiger partial charge in [-0.05, 0) is 46.3 Å². The quantitative estimate of drug-likeness (QED) is 0.502. The highest BCUT2D eigenvalue weighted by Gasteiger charge is 2.15. The molecule has 0 unspecified atom stereocenters. The van der Waals surface area contributed by atoms with Crippen molar-refractivity contribution in [2.24, 2.45) is 0 Å². The molecule has 0 spiro atoms. The number of nitrogens with zero attached hydrogens (tertiary/aromatic N) is 1. The highest BCUT2D eigenvalue weighted by molar-refractivity contribution is 9.10. The molecule has 2 aromatic carbocycles. The van der Waals surface area contributed by atoms with Crippen molar-refractivity contribution in [1.29, 1.82) is 0 Å². The first-order valence-electron chi connectivity index (χ1n) is 5.69. The number of rotatable bonds is 3. The van der Waals surface area contributed by atoms with Crippen LogP contribution >= 0.6 is 15.9 Å². The number of benzene rings is 2. The lowest BCUT2D eigenvalue weighted by atomic mass is 10.1. The fraction of sp³-hybridized carbons (Fsp3) is 0. The summed E-state index contributed by atoms with van der Waals surface area (Å²) in [5.74, 6) is -1.25. The summed E-state index contributed by atoms with van der Waals surface area (Å²) >= 11 is 3.04. The number of carbonyl (C=O) groups is 1. The van der Waals surface area contributed by atoms with Gasteiger partial charge in [0.15, 0.2) is 0 Å². The number of hydrogen-bond acceptors (Lipinski definition) is 4. The Labute approximate surface area is 127 Å². The lowest BCUT2D eigenvalue weighted by Crippen LogP contribution is -2.14. The Kier molecular flexibility index (Phi) is 4.18. The summed E-state index contributed by atoms with van der Waals surface area (Å²) in [4.78, 5) is 22.2. The van der Waals surface area contributed by atoms with Gasteiger partial charge >= 0.3 is 0 Å². The van der Waals surface area contributed by atoms with Gasteiger partial charge in [0.25, 0.3) is 11.6 Å². The molecule has 0 radical (unpaired) electrons. The van der Waals surface area contributed by atoms with Crippen molar-refractivity contribution in [3.8, 4) is 0 Å². The Hall–Kier alpha value is -2.48. The van der Waals surface area contributed by atoms with Crippen LogP contribution in [0.15, 0.2) is 40.9 Å². The van der Waals surface area contributed by atoms with E-state index in [1.165, 1.54) is 24.3 Å². The average Bonchev–Trinajstić information content (AvgIpc) is 2.43. The Morgan fingerprint density at radius 3 is 2.67 bits per heavy atom. The van der Waals surface area contributed by atoms with Crippen molar-refractivity contribution in [3.63, 3.8) is 0 Å².